The summed E-state index contributed by atoms with van der Waals surface area (Å²) in [6, 6.07) is 3.97. The average Bonchev–Trinajstić information content (AvgIpc) is 3.12. The summed E-state index contributed by atoms with van der Waals surface area (Å²) in [6.45, 7) is 4.35. The van der Waals surface area contributed by atoms with Gasteiger partial charge in [-0.1, -0.05) is 6.07 Å². The van der Waals surface area contributed by atoms with E-state index in [0.717, 1.165) is 24.3 Å². The second-order valence-electron chi connectivity index (χ2n) is 6.11. The first-order valence-corrected chi connectivity index (χ1v) is 8.98. The van der Waals surface area contributed by atoms with Crippen molar-refractivity contribution in [1.29, 1.82) is 0 Å². The summed E-state index contributed by atoms with van der Waals surface area (Å²) < 4.78 is 5.02. The number of ether oxygens (including phenoxy) is 1. The Morgan fingerprint density at radius 1 is 1.52 bits per heavy atom. The summed E-state index contributed by atoms with van der Waals surface area (Å²) in [5.41, 5.74) is 0. The van der Waals surface area contributed by atoms with E-state index in [1.807, 2.05) is 29.3 Å². The minimum atomic E-state index is -0.130. The van der Waals surface area contributed by atoms with Crippen molar-refractivity contribution < 1.29 is 14.3 Å². The first kappa shape index (κ1) is 17.9. The maximum atomic E-state index is 12.7. The highest BCUT2D eigenvalue weighted by Crippen LogP contribution is 2.26. The van der Waals surface area contributed by atoms with E-state index in [1.165, 1.54) is 0 Å². The van der Waals surface area contributed by atoms with Gasteiger partial charge in [0.2, 0.25) is 11.8 Å². The second-order valence-corrected chi connectivity index (χ2v) is 7.09. The fourth-order valence-corrected chi connectivity index (χ4v) is 3.74. The first-order chi connectivity index (χ1) is 11.0. The van der Waals surface area contributed by atoms with Gasteiger partial charge in [0.25, 0.3) is 0 Å². The zero-order chi connectivity index (χ0) is 16.8. The summed E-state index contributed by atoms with van der Waals surface area (Å²) in [7, 11) is 3.43. The zero-order valence-corrected chi connectivity index (χ0v) is 15.0. The molecule has 6 heteroatoms. The number of hydrogen-bond donors (Lipinski definition) is 0. The Balaban J connectivity index is 1.94. The van der Waals surface area contributed by atoms with Crippen LogP contribution in [0.1, 0.15) is 30.6 Å². The summed E-state index contributed by atoms with van der Waals surface area (Å²) >= 11 is 1.61. The molecule has 0 aromatic carbocycles. The molecule has 2 unspecified atom stereocenters. The Morgan fingerprint density at radius 3 is 2.96 bits per heavy atom. The van der Waals surface area contributed by atoms with E-state index in [-0.39, 0.29) is 23.7 Å². The van der Waals surface area contributed by atoms with E-state index in [2.05, 4.69) is 0 Å². The van der Waals surface area contributed by atoms with Gasteiger partial charge in [-0.15, -0.1) is 11.3 Å². The highest BCUT2D eigenvalue weighted by atomic mass is 32.1. The number of hydrogen-bond acceptors (Lipinski definition) is 4. The molecule has 1 fully saturated rings. The Labute approximate surface area is 142 Å². The fourth-order valence-electron chi connectivity index (χ4n) is 2.96. The molecular weight excluding hydrogens is 312 g/mol. The normalized spacial score (nSPS) is 19.4. The summed E-state index contributed by atoms with van der Waals surface area (Å²) in [6.07, 6.45) is 1.74. The van der Waals surface area contributed by atoms with E-state index < -0.39 is 0 Å². The Hall–Kier alpha value is -1.40. The standard InChI is InChI=1S/C17H26N2O3S/c1-13(15-7-5-11-23-15)16(20)19-8-4-6-14(12-19)17(21)18(2)9-10-22-3/h5,7,11,13-14H,4,6,8-10,12H2,1-3H3. The summed E-state index contributed by atoms with van der Waals surface area (Å²) in [5, 5.41) is 1.99. The largest absolute Gasteiger partial charge is 0.383 e. The third kappa shape index (κ3) is 4.54. The minimum Gasteiger partial charge on any atom is -0.383 e. The number of likely N-dealkylation sites (N-methyl/N-ethyl adjacent to an activating group) is 1. The molecule has 0 spiro atoms. The van der Waals surface area contributed by atoms with Crippen LogP contribution >= 0.6 is 11.3 Å². The van der Waals surface area contributed by atoms with Crippen LogP contribution in [0, 0.1) is 5.92 Å². The van der Waals surface area contributed by atoms with Gasteiger partial charge in [0.05, 0.1) is 18.4 Å². The lowest BCUT2D eigenvalue weighted by Gasteiger charge is -2.35. The van der Waals surface area contributed by atoms with Gasteiger partial charge in [-0.2, -0.15) is 0 Å². The number of methoxy groups -OCH3 is 1. The predicted octanol–water partition coefficient (Wildman–Crippen LogP) is 2.20. The number of thiophene rings is 1. The molecule has 0 saturated carbocycles. The number of carbonyl (C=O) groups excluding carboxylic acids is 2. The van der Waals surface area contributed by atoms with Crippen LogP contribution in [-0.2, 0) is 14.3 Å². The molecule has 0 N–H and O–H groups in total. The minimum absolute atomic E-state index is 0.0925. The molecule has 0 bridgehead atoms. The molecule has 23 heavy (non-hydrogen) atoms. The van der Waals surface area contributed by atoms with E-state index in [9.17, 15) is 9.59 Å². The lowest BCUT2D eigenvalue weighted by Crippen LogP contribution is -2.47. The third-order valence-corrected chi connectivity index (χ3v) is 5.48. The van der Waals surface area contributed by atoms with Crippen LogP contribution in [-0.4, -0.2) is 62.0 Å². The van der Waals surface area contributed by atoms with Crippen LogP contribution in [0.3, 0.4) is 0 Å². The smallest absolute Gasteiger partial charge is 0.230 e. The summed E-state index contributed by atoms with van der Waals surface area (Å²) in [5.74, 6) is 0.0213. The molecule has 0 aliphatic carbocycles. The van der Waals surface area contributed by atoms with Gasteiger partial charge in [-0.05, 0) is 31.2 Å². The van der Waals surface area contributed by atoms with E-state index >= 15 is 0 Å². The van der Waals surface area contributed by atoms with Crippen molar-refractivity contribution in [3.8, 4) is 0 Å². The quantitative estimate of drug-likeness (QED) is 0.799. The maximum absolute atomic E-state index is 12.7. The Morgan fingerprint density at radius 2 is 2.30 bits per heavy atom. The number of piperidine rings is 1. The van der Waals surface area contributed by atoms with Gasteiger partial charge in [-0.3, -0.25) is 9.59 Å². The molecule has 5 nitrogen and oxygen atoms in total. The molecule has 2 rings (SSSR count). The Kier molecular flexibility index (Phi) is 6.59. The summed E-state index contributed by atoms with van der Waals surface area (Å²) in [4.78, 5) is 29.9. The van der Waals surface area contributed by atoms with Crippen LogP contribution in [0.4, 0.5) is 0 Å². The van der Waals surface area contributed by atoms with Gasteiger partial charge in [0, 0.05) is 38.7 Å². The van der Waals surface area contributed by atoms with Gasteiger partial charge in [0.15, 0.2) is 0 Å². The van der Waals surface area contributed by atoms with Crippen LogP contribution in [0.5, 0.6) is 0 Å². The number of amides is 2. The molecule has 128 valence electrons. The van der Waals surface area contributed by atoms with Crippen LogP contribution in [0.15, 0.2) is 17.5 Å². The second kappa shape index (κ2) is 8.45. The topological polar surface area (TPSA) is 49.9 Å². The van der Waals surface area contributed by atoms with Crippen molar-refractivity contribution in [1.82, 2.24) is 9.80 Å². The van der Waals surface area contributed by atoms with Crippen molar-refractivity contribution in [3.63, 3.8) is 0 Å². The van der Waals surface area contributed by atoms with E-state index in [1.54, 1.807) is 30.4 Å². The SMILES string of the molecule is COCCN(C)C(=O)C1CCCN(C(=O)C(C)c2cccs2)C1. The monoisotopic (exact) mass is 338 g/mol. The highest BCUT2D eigenvalue weighted by molar-refractivity contribution is 7.10. The number of carbonyl (C=O) groups is 2. The molecule has 2 atom stereocenters. The van der Waals surface area contributed by atoms with Crippen molar-refractivity contribution in [3.05, 3.63) is 22.4 Å². The zero-order valence-electron chi connectivity index (χ0n) is 14.2. The van der Waals surface area contributed by atoms with Crippen LogP contribution in [0.2, 0.25) is 0 Å². The van der Waals surface area contributed by atoms with Crippen LogP contribution < -0.4 is 0 Å². The van der Waals surface area contributed by atoms with Crippen molar-refractivity contribution in [2.45, 2.75) is 25.7 Å². The third-order valence-electron chi connectivity index (χ3n) is 4.43. The molecule has 2 heterocycles. The molecular formula is C17H26N2O3S. The molecule has 2 amide bonds. The number of rotatable bonds is 6. The molecule has 1 saturated heterocycles. The highest BCUT2D eigenvalue weighted by Gasteiger charge is 2.32. The van der Waals surface area contributed by atoms with Gasteiger partial charge in [0.1, 0.15) is 0 Å². The fraction of sp³-hybridized carbons (Fsp3) is 0.647. The molecule has 1 aromatic rings. The molecule has 1 aliphatic rings. The number of nitrogens with zero attached hydrogens (tertiary/aromatic N) is 2. The molecule has 1 aromatic heterocycles. The van der Waals surface area contributed by atoms with Crippen molar-refractivity contribution in [2.24, 2.45) is 5.92 Å². The average molecular weight is 338 g/mol. The lowest BCUT2D eigenvalue weighted by atomic mass is 9.95. The molecule has 1 aliphatic heterocycles. The first-order valence-electron chi connectivity index (χ1n) is 8.10. The van der Waals surface area contributed by atoms with E-state index in [4.69, 9.17) is 4.74 Å². The number of likely N-dealkylation sites (tertiary alicyclic amines) is 1. The van der Waals surface area contributed by atoms with Gasteiger partial charge < -0.3 is 14.5 Å². The van der Waals surface area contributed by atoms with Crippen molar-refractivity contribution >= 4 is 23.2 Å². The van der Waals surface area contributed by atoms with E-state index in [0.29, 0.717) is 19.7 Å². The predicted molar refractivity (Wildman–Crippen MR) is 91.6 cm³/mol. The van der Waals surface area contributed by atoms with Gasteiger partial charge in [-0.25, -0.2) is 0 Å². The Bertz CT molecular complexity index is 518. The maximum Gasteiger partial charge on any atom is 0.230 e. The van der Waals surface area contributed by atoms with Crippen LogP contribution in [0.25, 0.3) is 0 Å². The molecule has 0 radical (unpaired) electrons. The van der Waals surface area contributed by atoms with Crippen molar-refractivity contribution in [2.75, 3.05) is 40.4 Å². The van der Waals surface area contributed by atoms with Gasteiger partial charge >= 0.3 is 0 Å². The lowest BCUT2D eigenvalue weighted by molar-refractivity contribution is -0.140.